The molecule has 15 heavy (non-hydrogen) atoms. The van der Waals surface area contributed by atoms with Crippen molar-refractivity contribution in [3.63, 3.8) is 0 Å². The number of carbonyl (C=O) groups is 1. The highest BCUT2D eigenvalue weighted by atomic mass is 32.1. The van der Waals surface area contributed by atoms with Crippen molar-refractivity contribution in [1.82, 2.24) is 4.98 Å². The molecule has 0 fully saturated rings. The van der Waals surface area contributed by atoms with Gasteiger partial charge in [-0.05, 0) is 18.6 Å². The Balaban J connectivity index is 2.17. The highest BCUT2D eigenvalue weighted by Gasteiger charge is 2.08. The number of nitrogens with zero attached hydrogens (tertiary/aromatic N) is 1. The minimum absolute atomic E-state index is 0.153. The minimum atomic E-state index is -0.153. The van der Waals surface area contributed by atoms with Crippen LogP contribution in [0.5, 0.6) is 0 Å². The fourth-order valence-electron chi connectivity index (χ4n) is 1.22. The maximum Gasteiger partial charge on any atom is 0.284 e. The molecule has 1 amide bonds. The van der Waals surface area contributed by atoms with Crippen molar-refractivity contribution in [2.75, 3.05) is 5.32 Å². The van der Waals surface area contributed by atoms with Crippen LogP contribution in [0.15, 0.2) is 35.8 Å². The summed E-state index contributed by atoms with van der Waals surface area (Å²) in [6, 6.07) is 7.66. The topological polar surface area (TPSA) is 42.0 Å². The quantitative estimate of drug-likeness (QED) is 0.842. The van der Waals surface area contributed by atoms with E-state index in [4.69, 9.17) is 0 Å². The summed E-state index contributed by atoms with van der Waals surface area (Å²) in [5.41, 5.74) is 1.88. The molecule has 2 aromatic rings. The molecule has 3 nitrogen and oxygen atoms in total. The number of hydrogen-bond acceptors (Lipinski definition) is 3. The first-order chi connectivity index (χ1) is 7.27. The van der Waals surface area contributed by atoms with Crippen LogP contribution in [0.25, 0.3) is 0 Å². The Hall–Kier alpha value is -1.68. The van der Waals surface area contributed by atoms with Crippen LogP contribution >= 0.6 is 11.3 Å². The van der Waals surface area contributed by atoms with Crippen molar-refractivity contribution >= 4 is 22.9 Å². The van der Waals surface area contributed by atoms with Gasteiger partial charge in [0, 0.05) is 17.3 Å². The number of para-hydroxylation sites is 1. The first-order valence-electron chi connectivity index (χ1n) is 4.54. The van der Waals surface area contributed by atoms with Gasteiger partial charge in [0.1, 0.15) is 0 Å². The normalized spacial score (nSPS) is 9.93. The second kappa shape index (κ2) is 4.23. The number of carbonyl (C=O) groups excluding carboxylic acids is 1. The summed E-state index contributed by atoms with van der Waals surface area (Å²) in [5, 5.41) is 5.09. The van der Waals surface area contributed by atoms with E-state index in [9.17, 15) is 4.79 Å². The molecule has 0 unspecified atom stereocenters. The van der Waals surface area contributed by atoms with E-state index in [1.807, 2.05) is 31.2 Å². The zero-order valence-electron chi connectivity index (χ0n) is 8.23. The summed E-state index contributed by atoms with van der Waals surface area (Å²) in [5.74, 6) is -0.153. The lowest BCUT2D eigenvalue weighted by Gasteiger charge is -2.05. The number of nitrogens with one attached hydrogen (secondary N) is 1. The first kappa shape index (κ1) is 9.86. The Labute approximate surface area is 91.8 Å². The van der Waals surface area contributed by atoms with Crippen molar-refractivity contribution in [2.24, 2.45) is 0 Å². The van der Waals surface area contributed by atoms with Gasteiger partial charge in [-0.1, -0.05) is 18.2 Å². The number of hydrogen-bond donors (Lipinski definition) is 1. The molecular weight excluding hydrogens is 208 g/mol. The fourth-order valence-corrected chi connectivity index (χ4v) is 1.75. The van der Waals surface area contributed by atoms with Crippen LogP contribution in [0.3, 0.4) is 0 Å². The lowest BCUT2D eigenvalue weighted by atomic mass is 10.2. The van der Waals surface area contributed by atoms with Crippen molar-refractivity contribution in [1.29, 1.82) is 0 Å². The monoisotopic (exact) mass is 218 g/mol. The molecule has 1 heterocycles. The number of benzene rings is 1. The average Bonchev–Trinajstić information content (AvgIpc) is 2.74. The fraction of sp³-hybridized carbons (Fsp3) is 0.0909. The molecule has 0 aliphatic heterocycles. The number of aromatic nitrogens is 1. The van der Waals surface area contributed by atoms with Gasteiger partial charge in [-0.15, -0.1) is 11.3 Å². The predicted molar refractivity (Wildman–Crippen MR) is 61.2 cm³/mol. The van der Waals surface area contributed by atoms with E-state index in [0.717, 1.165) is 11.3 Å². The van der Waals surface area contributed by atoms with E-state index in [2.05, 4.69) is 10.3 Å². The van der Waals surface area contributed by atoms with Crippen LogP contribution < -0.4 is 5.32 Å². The Morgan fingerprint density at radius 1 is 1.40 bits per heavy atom. The molecule has 0 atom stereocenters. The molecule has 0 saturated carbocycles. The molecule has 1 aromatic heterocycles. The molecule has 0 aliphatic rings. The van der Waals surface area contributed by atoms with Crippen molar-refractivity contribution in [3.05, 3.63) is 46.4 Å². The molecule has 0 saturated heterocycles. The average molecular weight is 218 g/mol. The Morgan fingerprint density at radius 2 is 2.20 bits per heavy atom. The van der Waals surface area contributed by atoms with Gasteiger partial charge in [-0.2, -0.15) is 0 Å². The lowest BCUT2D eigenvalue weighted by molar-refractivity contribution is 0.102. The van der Waals surface area contributed by atoms with Crippen LogP contribution in [0.4, 0.5) is 5.69 Å². The van der Waals surface area contributed by atoms with Gasteiger partial charge in [-0.25, -0.2) is 4.98 Å². The van der Waals surface area contributed by atoms with Crippen LogP contribution in [0, 0.1) is 6.92 Å². The summed E-state index contributed by atoms with van der Waals surface area (Å²) in [4.78, 5) is 15.6. The van der Waals surface area contributed by atoms with Crippen LogP contribution in [-0.4, -0.2) is 10.9 Å². The second-order valence-corrected chi connectivity index (χ2v) is 4.00. The second-order valence-electron chi connectivity index (χ2n) is 3.11. The number of aryl methyl sites for hydroxylation is 1. The van der Waals surface area contributed by atoms with Gasteiger partial charge >= 0.3 is 0 Å². The molecule has 0 aliphatic carbocycles. The van der Waals surface area contributed by atoms with Crippen LogP contribution in [0.1, 0.15) is 15.4 Å². The van der Waals surface area contributed by atoms with E-state index in [1.54, 1.807) is 11.6 Å². The summed E-state index contributed by atoms with van der Waals surface area (Å²) < 4.78 is 0. The molecule has 0 spiro atoms. The summed E-state index contributed by atoms with van der Waals surface area (Å²) >= 11 is 1.33. The van der Waals surface area contributed by atoms with E-state index >= 15 is 0 Å². The van der Waals surface area contributed by atoms with Crippen molar-refractivity contribution in [3.8, 4) is 0 Å². The zero-order valence-corrected chi connectivity index (χ0v) is 9.04. The number of thiazole rings is 1. The van der Waals surface area contributed by atoms with Gasteiger partial charge in [0.2, 0.25) is 0 Å². The molecule has 0 bridgehead atoms. The molecule has 76 valence electrons. The third-order valence-electron chi connectivity index (χ3n) is 2.02. The number of amides is 1. The Morgan fingerprint density at radius 3 is 2.87 bits per heavy atom. The molecule has 2 rings (SSSR count). The van der Waals surface area contributed by atoms with Crippen molar-refractivity contribution in [2.45, 2.75) is 6.92 Å². The molecule has 1 N–H and O–H groups in total. The van der Waals surface area contributed by atoms with Gasteiger partial charge < -0.3 is 5.32 Å². The smallest absolute Gasteiger partial charge is 0.284 e. The minimum Gasteiger partial charge on any atom is -0.320 e. The highest BCUT2D eigenvalue weighted by Crippen LogP contribution is 2.15. The summed E-state index contributed by atoms with van der Waals surface area (Å²) in [6.45, 7) is 1.96. The molecular formula is C11H10N2OS. The summed E-state index contributed by atoms with van der Waals surface area (Å²) in [6.07, 6.45) is 1.62. The standard InChI is InChI=1S/C11H10N2OS/c1-8-4-2-3-5-9(8)13-10(14)11-12-6-7-15-11/h2-7H,1H3,(H,13,14). The zero-order chi connectivity index (χ0) is 10.7. The SMILES string of the molecule is Cc1ccccc1NC(=O)c1nccs1. The number of anilines is 1. The maximum atomic E-state index is 11.7. The van der Waals surface area contributed by atoms with Crippen LogP contribution in [0.2, 0.25) is 0 Å². The van der Waals surface area contributed by atoms with Gasteiger partial charge in [0.25, 0.3) is 5.91 Å². The van der Waals surface area contributed by atoms with Crippen molar-refractivity contribution < 1.29 is 4.79 Å². The maximum absolute atomic E-state index is 11.7. The van der Waals surface area contributed by atoms with E-state index in [0.29, 0.717) is 5.01 Å². The van der Waals surface area contributed by atoms with E-state index in [-0.39, 0.29) is 5.91 Å². The van der Waals surface area contributed by atoms with Gasteiger partial charge in [0.05, 0.1) is 0 Å². The Kier molecular flexibility index (Phi) is 2.78. The van der Waals surface area contributed by atoms with Gasteiger partial charge in [-0.3, -0.25) is 4.79 Å². The largest absolute Gasteiger partial charge is 0.320 e. The third-order valence-corrected chi connectivity index (χ3v) is 2.79. The number of rotatable bonds is 2. The van der Waals surface area contributed by atoms with E-state index < -0.39 is 0 Å². The first-order valence-corrected chi connectivity index (χ1v) is 5.42. The molecule has 1 aromatic carbocycles. The van der Waals surface area contributed by atoms with E-state index in [1.165, 1.54) is 11.3 Å². The van der Waals surface area contributed by atoms with Gasteiger partial charge in [0.15, 0.2) is 5.01 Å². The Bertz CT molecular complexity index is 465. The highest BCUT2D eigenvalue weighted by molar-refractivity contribution is 7.11. The lowest BCUT2D eigenvalue weighted by Crippen LogP contribution is -2.12. The van der Waals surface area contributed by atoms with Crippen LogP contribution in [-0.2, 0) is 0 Å². The molecule has 0 radical (unpaired) electrons. The predicted octanol–water partition coefficient (Wildman–Crippen LogP) is 2.70. The summed E-state index contributed by atoms with van der Waals surface area (Å²) in [7, 11) is 0. The third kappa shape index (κ3) is 2.22. The molecule has 4 heteroatoms.